The molecule has 4 aromatic rings. The Hall–Kier alpha value is -2.94. The Bertz CT molecular complexity index is 1100. The van der Waals surface area contributed by atoms with Crippen LogP contribution in [0.5, 0.6) is 0 Å². The summed E-state index contributed by atoms with van der Waals surface area (Å²) in [5, 5.41) is 3.46. The second-order valence-electron chi connectivity index (χ2n) is 5.58. The normalized spacial score (nSPS) is 11.9. The average molecular weight is 299 g/mol. The fraction of sp³-hybridized carbons (Fsp3) is 0.100. The van der Waals surface area contributed by atoms with Crippen LogP contribution in [0.2, 0.25) is 0 Å². The molecule has 112 valence electrons. The molecule has 3 heteroatoms. The Labute approximate surface area is 134 Å². The van der Waals surface area contributed by atoms with E-state index < -0.39 is 0 Å². The number of pyridine rings is 2. The summed E-state index contributed by atoms with van der Waals surface area (Å²) >= 11 is 0. The topological polar surface area (TPSA) is 30.7 Å². The van der Waals surface area contributed by atoms with E-state index in [2.05, 4.69) is 52.4 Å². The molecule has 0 atom stereocenters. The van der Waals surface area contributed by atoms with Crippen molar-refractivity contribution in [1.82, 2.24) is 14.5 Å². The van der Waals surface area contributed by atoms with Crippen molar-refractivity contribution in [3.63, 3.8) is 0 Å². The van der Waals surface area contributed by atoms with Gasteiger partial charge in [-0.2, -0.15) is 0 Å². The maximum absolute atomic E-state index is 4.60. The van der Waals surface area contributed by atoms with E-state index in [1.165, 1.54) is 16.5 Å². The summed E-state index contributed by atoms with van der Waals surface area (Å²) in [6.07, 6.45) is 9.78. The zero-order valence-corrected chi connectivity index (χ0v) is 13.2. The second-order valence-corrected chi connectivity index (χ2v) is 5.58. The Morgan fingerprint density at radius 2 is 1.70 bits per heavy atom. The van der Waals surface area contributed by atoms with Gasteiger partial charge in [0.15, 0.2) is 0 Å². The zero-order chi connectivity index (χ0) is 16.0. The maximum atomic E-state index is 4.60. The van der Waals surface area contributed by atoms with Crippen LogP contribution in [0.25, 0.3) is 44.9 Å². The molecule has 0 saturated carbocycles. The number of allylic oxidation sites excluding steroid dienone is 1. The average Bonchev–Trinajstić information content (AvgIpc) is 2.88. The van der Waals surface area contributed by atoms with Gasteiger partial charge in [-0.1, -0.05) is 24.8 Å². The Morgan fingerprint density at radius 3 is 2.35 bits per heavy atom. The highest BCUT2D eigenvalue weighted by Crippen LogP contribution is 2.38. The summed E-state index contributed by atoms with van der Waals surface area (Å²) in [7, 11) is 2.08. The van der Waals surface area contributed by atoms with E-state index >= 15 is 0 Å². The lowest BCUT2D eigenvalue weighted by molar-refractivity contribution is 0.957. The first kappa shape index (κ1) is 13.7. The molecular weight excluding hydrogens is 282 g/mol. The third-order valence-electron chi connectivity index (χ3n) is 4.37. The number of rotatable bonds is 2. The quantitative estimate of drug-likeness (QED) is 0.490. The molecule has 0 unspecified atom stereocenters. The van der Waals surface area contributed by atoms with Gasteiger partial charge >= 0.3 is 0 Å². The van der Waals surface area contributed by atoms with Crippen molar-refractivity contribution >= 4 is 44.9 Å². The number of aromatic nitrogens is 3. The van der Waals surface area contributed by atoms with Crippen molar-refractivity contribution in [3.05, 3.63) is 60.6 Å². The van der Waals surface area contributed by atoms with Crippen LogP contribution in [0.15, 0.2) is 49.3 Å². The highest BCUT2D eigenvalue weighted by Gasteiger charge is 2.18. The minimum Gasteiger partial charge on any atom is -0.343 e. The molecule has 0 spiro atoms. The van der Waals surface area contributed by atoms with Gasteiger partial charge in [0.1, 0.15) is 0 Å². The van der Waals surface area contributed by atoms with Crippen LogP contribution in [0, 0.1) is 0 Å². The van der Waals surface area contributed by atoms with Crippen molar-refractivity contribution < 1.29 is 0 Å². The van der Waals surface area contributed by atoms with E-state index in [9.17, 15) is 0 Å². The summed E-state index contributed by atoms with van der Waals surface area (Å²) in [6, 6.07) is 8.20. The number of fused-ring (bicyclic) bond motifs is 6. The van der Waals surface area contributed by atoms with Gasteiger partial charge in [-0.05, 0) is 31.2 Å². The van der Waals surface area contributed by atoms with Gasteiger partial charge in [-0.3, -0.25) is 9.97 Å². The Morgan fingerprint density at radius 1 is 1.04 bits per heavy atom. The summed E-state index contributed by atoms with van der Waals surface area (Å²) in [4.78, 5) is 9.20. The van der Waals surface area contributed by atoms with Crippen molar-refractivity contribution in [2.45, 2.75) is 6.92 Å². The van der Waals surface area contributed by atoms with Gasteiger partial charge in [0.2, 0.25) is 0 Å². The second kappa shape index (κ2) is 5.06. The van der Waals surface area contributed by atoms with E-state index in [-0.39, 0.29) is 0 Å². The third-order valence-corrected chi connectivity index (χ3v) is 4.37. The number of aryl methyl sites for hydroxylation is 1. The zero-order valence-electron chi connectivity index (χ0n) is 13.2. The van der Waals surface area contributed by atoms with E-state index in [1.807, 2.05) is 37.5 Å². The minimum absolute atomic E-state index is 0.943. The van der Waals surface area contributed by atoms with Gasteiger partial charge in [0, 0.05) is 46.9 Å². The van der Waals surface area contributed by atoms with Crippen molar-refractivity contribution in [3.8, 4) is 0 Å². The third kappa shape index (κ3) is 1.77. The number of hydrogen-bond donors (Lipinski definition) is 0. The summed E-state index contributed by atoms with van der Waals surface area (Å²) in [5.41, 5.74) is 5.36. The molecule has 0 N–H and O–H groups in total. The smallest absolute Gasteiger partial charge is 0.0985 e. The predicted octanol–water partition coefficient (Wildman–Crippen LogP) is 4.95. The monoisotopic (exact) mass is 299 g/mol. The molecule has 0 aliphatic rings. The molecule has 0 saturated heterocycles. The SMILES string of the molecule is C=Cc1c(/C=C\C)c2c3cccnc3c3ncccc3c2n1C. The maximum Gasteiger partial charge on any atom is 0.0985 e. The van der Waals surface area contributed by atoms with Gasteiger partial charge in [-0.25, -0.2) is 0 Å². The lowest BCUT2D eigenvalue weighted by Gasteiger charge is -2.07. The summed E-state index contributed by atoms with van der Waals surface area (Å²) in [6.45, 7) is 6.04. The molecule has 0 bridgehead atoms. The molecule has 23 heavy (non-hydrogen) atoms. The van der Waals surface area contributed by atoms with Gasteiger partial charge < -0.3 is 4.57 Å². The van der Waals surface area contributed by atoms with Crippen molar-refractivity contribution in [2.24, 2.45) is 7.05 Å². The van der Waals surface area contributed by atoms with Crippen LogP contribution < -0.4 is 0 Å². The Kier molecular flexibility index (Phi) is 3.01. The molecule has 3 heterocycles. The van der Waals surface area contributed by atoms with Gasteiger partial charge in [0.25, 0.3) is 0 Å². The van der Waals surface area contributed by atoms with E-state index in [4.69, 9.17) is 0 Å². The van der Waals surface area contributed by atoms with E-state index in [0.717, 1.165) is 27.5 Å². The highest BCUT2D eigenvalue weighted by atomic mass is 15.0. The first-order valence-electron chi connectivity index (χ1n) is 7.67. The van der Waals surface area contributed by atoms with Crippen LogP contribution in [0.3, 0.4) is 0 Å². The molecule has 0 amide bonds. The summed E-state index contributed by atoms with van der Waals surface area (Å²) < 4.78 is 2.20. The molecular formula is C20H17N3. The van der Waals surface area contributed by atoms with E-state index in [1.54, 1.807) is 0 Å². The first-order valence-corrected chi connectivity index (χ1v) is 7.67. The van der Waals surface area contributed by atoms with Crippen molar-refractivity contribution in [2.75, 3.05) is 0 Å². The first-order chi connectivity index (χ1) is 11.3. The number of nitrogens with zero attached hydrogens (tertiary/aromatic N) is 3. The van der Waals surface area contributed by atoms with Gasteiger partial charge in [-0.15, -0.1) is 0 Å². The molecule has 3 aromatic heterocycles. The van der Waals surface area contributed by atoms with Crippen LogP contribution in [0.4, 0.5) is 0 Å². The van der Waals surface area contributed by atoms with E-state index in [0.29, 0.717) is 0 Å². The molecule has 1 aromatic carbocycles. The van der Waals surface area contributed by atoms with Crippen LogP contribution in [0.1, 0.15) is 18.2 Å². The fourth-order valence-electron chi connectivity index (χ4n) is 3.48. The van der Waals surface area contributed by atoms with Crippen LogP contribution in [-0.4, -0.2) is 14.5 Å². The lowest BCUT2D eigenvalue weighted by atomic mass is 10.0. The van der Waals surface area contributed by atoms with Gasteiger partial charge in [0.05, 0.1) is 16.6 Å². The standard InChI is InChI=1S/C20H17N3/c1-4-8-13-16(5-2)23(3)20-15-10-7-12-22-19(15)18-14(17(13)20)9-6-11-21-18/h4-12H,2H2,1,3H3/b8-4-. The fourth-order valence-corrected chi connectivity index (χ4v) is 3.48. The number of hydrogen-bond acceptors (Lipinski definition) is 2. The summed E-state index contributed by atoms with van der Waals surface area (Å²) in [5.74, 6) is 0. The molecule has 0 fully saturated rings. The molecule has 0 aliphatic heterocycles. The molecule has 4 rings (SSSR count). The molecule has 0 aliphatic carbocycles. The van der Waals surface area contributed by atoms with Crippen molar-refractivity contribution in [1.29, 1.82) is 0 Å². The molecule has 3 nitrogen and oxygen atoms in total. The van der Waals surface area contributed by atoms with Crippen LogP contribution >= 0.6 is 0 Å². The predicted molar refractivity (Wildman–Crippen MR) is 98.3 cm³/mol. The minimum atomic E-state index is 0.943. The Balaban J connectivity index is 2.44. The highest BCUT2D eigenvalue weighted by molar-refractivity contribution is 6.24. The lowest BCUT2D eigenvalue weighted by Crippen LogP contribution is -1.93. The molecule has 0 radical (unpaired) electrons. The largest absolute Gasteiger partial charge is 0.343 e. The number of benzene rings is 1. The van der Waals surface area contributed by atoms with Crippen LogP contribution in [-0.2, 0) is 7.05 Å².